The molecule has 0 spiro atoms. The van der Waals surface area contributed by atoms with E-state index in [9.17, 15) is 4.79 Å². The summed E-state index contributed by atoms with van der Waals surface area (Å²) >= 11 is 0. The third-order valence-corrected chi connectivity index (χ3v) is 3.54. The van der Waals surface area contributed by atoms with Crippen molar-refractivity contribution in [3.8, 4) is 0 Å². The summed E-state index contributed by atoms with van der Waals surface area (Å²) in [5, 5.41) is 0. The standard InChI is InChI=1S/C18H36O3/c1-5-6-7-13-16-20-21-17(19)14-11-9-8-10-12-15-18(2,3)4/h5-16H2,1-4H3. The quantitative estimate of drug-likeness (QED) is 0.244. The molecule has 0 saturated carbocycles. The van der Waals surface area contributed by atoms with Crippen LogP contribution >= 0.6 is 0 Å². The van der Waals surface area contributed by atoms with E-state index in [0.717, 1.165) is 25.7 Å². The topological polar surface area (TPSA) is 35.5 Å². The average molecular weight is 300 g/mol. The molecule has 0 aliphatic carbocycles. The van der Waals surface area contributed by atoms with E-state index in [1.807, 2.05) is 0 Å². The summed E-state index contributed by atoms with van der Waals surface area (Å²) in [5.41, 5.74) is 0.443. The Morgan fingerprint density at radius 2 is 1.48 bits per heavy atom. The molecule has 0 aliphatic rings. The van der Waals surface area contributed by atoms with Gasteiger partial charge in [-0.3, -0.25) is 4.89 Å². The van der Waals surface area contributed by atoms with E-state index in [2.05, 4.69) is 27.7 Å². The third kappa shape index (κ3) is 17.4. The van der Waals surface area contributed by atoms with Gasteiger partial charge in [0.05, 0.1) is 6.61 Å². The summed E-state index contributed by atoms with van der Waals surface area (Å²) < 4.78 is 0. The second-order valence-corrected chi connectivity index (χ2v) is 7.17. The molecule has 3 nitrogen and oxygen atoms in total. The second-order valence-electron chi connectivity index (χ2n) is 7.17. The van der Waals surface area contributed by atoms with Gasteiger partial charge in [0.25, 0.3) is 0 Å². The van der Waals surface area contributed by atoms with Gasteiger partial charge in [-0.25, -0.2) is 4.79 Å². The van der Waals surface area contributed by atoms with Gasteiger partial charge in [-0.2, -0.15) is 4.89 Å². The normalized spacial score (nSPS) is 11.6. The van der Waals surface area contributed by atoms with Crippen molar-refractivity contribution in [1.29, 1.82) is 0 Å². The predicted molar refractivity (Wildman–Crippen MR) is 88.0 cm³/mol. The lowest BCUT2D eigenvalue weighted by molar-refractivity contribution is -0.272. The fourth-order valence-corrected chi connectivity index (χ4v) is 2.19. The van der Waals surface area contributed by atoms with Gasteiger partial charge in [-0.05, 0) is 24.7 Å². The largest absolute Gasteiger partial charge is 0.342 e. The molecule has 0 atom stereocenters. The van der Waals surface area contributed by atoms with E-state index in [1.54, 1.807) is 0 Å². The predicted octanol–water partition coefficient (Wildman–Crippen LogP) is 5.82. The molecular formula is C18H36O3. The maximum Gasteiger partial charge on any atom is 0.342 e. The van der Waals surface area contributed by atoms with Crippen molar-refractivity contribution >= 4 is 5.97 Å². The smallest absolute Gasteiger partial charge is 0.298 e. The highest BCUT2D eigenvalue weighted by atomic mass is 17.2. The molecule has 0 heterocycles. The molecule has 3 heteroatoms. The molecule has 0 amide bonds. The molecule has 0 aromatic carbocycles. The molecular weight excluding hydrogens is 264 g/mol. The molecule has 0 saturated heterocycles. The zero-order chi connectivity index (χ0) is 16.0. The van der Waals surface area contributed by atoms with Crippen LogP contribution in [0.25, 0.3) is 0 Å². The van der Waals surface area contributed by atoms with E-state index >= 15 is 0 Å². The first-order chi connectivity index (χ1) is 9.95. The van der Waals surface area contributed by atoms with Gasteiger partial charge < -0.3 is 0 Å². The SMILES string of the molecule is CCCCCCOOC(=O)CCCCCCCC(C)(C)C. The van der Waals surface area contributed by atoms with Crippen LogP contribution in [0.1, 0.15) is 98.3 Å². The third-order valence-electron chi connectivity index (χ3n) is 3.54. The summed E-state index contributed by atoms with van der Waals surface area (Å²) in [6, 6.07) is 0. The molecule has 0 bridgehead atoms. The van der Waals surface area contributed by atoms with Crippen LogP contribution in [0, 0.1) is 5.41 Å². The molecule has 0 radical (unpaired) electrons. The summed E-state index contributed by atoms with van der Waals surface area (Å²) in [5.74, 6) is -0.222. The Labute approximate surface area is 131 Å². The lowest BCUT2D eigenvalue weighted by atomic mass is 9.89. The maximum atomic E-state index is 11.4. The van der Waals surface area contributed by atoms with Crippen LogP contribution in [0.3, 0.4) is 0 Å². The van der Waals surface area contributed by atoms with Gasteiger partial charge in [-0.1, -0.05) is 72.6 Å². The van der Waals surface area contributed by atoms with Crippen LogP contribution in [-0.4, -0.2) is 12.6 Å². The zero-order valence-electron chi connectivity index (χ0n) is 14.7. The van der Waals surface area contributed by atoms with Gasteiger partial charge in [0.1, 0.15) is 0 Å². The van der Waals surface area contributed by atoms with Crippen molar-refractivity contribution in [3.63, 3.8) is 0 Å². The highest BCUT2D eigenvalue weighted by molar-refractivity contribution is 5.68. The molecule has 0 N–H and O–H groups in total. The average Bonchev–Trinajstić information content (AvgIpc) is 2.40. The number of hydrogen-bond acceptors (Lipinski definition) is 3. The Kier molecular flexibility index (Phi) is 12.8. The van der Waals surface area contributed by atoms with Gasteiger partial charge >= 0.3 is 5.97 Å². The van der Waals surface area contributed by atoms with Crippen LogP contribution < -0.4 is 0 Å². The Hall–Kier alpha value is -0.570. The van der Waals surface area contributed by atoms with E-state index in [0.29, 0.717) is 18.4 Å². The summed E-state index contributed by atoms with van der Waals surface area (Å²) in [7, 11) is 0. The van der Waals surface area contributed by atoms with Crippen LogP contribution in [0.5, 0.6) is 0 Å². The van der Waals surface area contributed by atoms with Crippen molar-refractivity contribution in [3.05, 3.63) is 0 Å². The fraction of sp³-hybridized carbons (Fsp3) is 0.944. The molecule has 0 aliphatic heterocycles. The first kappa shape index (κ1) is 20.4. The minimum Gasteiger partial charge on any atom is -0.298 e. The van der Waals surface area contributed by atoms with Crippen molar-refractivity contribution < 1.29 is 14.6 Å². The van der Waals surface area contributed by atoms with Crippen molar-refractivity contribution in [2.24, 2.45) is 5.41 Å². The molecule has 0 aromatic heterocycles. The van der Waals surface area contributed by atoms with Crippen LogP contribution in [0.4, 0.5) is 0 Å². The van der Waals surface area contributed by atoms with Gasteiger partial charge in [0.2, 0.25) is 0 Å². The fourth-order valence-electron chi connectivity index (χ4n) is 2.19. The van der Waals surface area contributed by atoms with Crippen LogP contribution in [0.2, 0.25) is 0 Å². The Balaban J connectivity index is 3.23. The maximum absolute atomic E-state index is 11.4. The van der Waals surface area contributed by atoms with E-state index < -0.39 is 0 Å². The molecule has 0 unspecified atom stereocenters. The van der Waals surface area contributed by atoms with Gasteiger partial charge in [0.15, 0.2) is 0 Å². The van der Waals surface area contributed by atoms with E-state index in [4.69, 9.17) is 9.78 Å². The molecule has 0 rings (SSSR count). The molecule has 126 valence electrons. The van der Waals surface area contributed by atoms with Crippen LogP contribution in [-0.2, 0) is 14.6 Å². The first-order valence-electron chi connectivity index (χ1n) is 8.78. The minimum absolute atomic E-state index is 0.222. The minimum atomic E-state index is -0.222. The number of rotatable bonds is 13. The van der Waals surface area contributed by atoms with Gasteiger partial charge in [-0.15, -0.1) is 0 Å². The Bertz CT molecular complexity index is 243. The highest BCUT2D eigenvalue weighted by Crippen LogP contribution is 2.22. The van der Waals surface area contributed by atoms with Crippen molar-refractivity contribution in [1.82, 2.24) is 0 Å². The lowest BCUT2D eigenvalue weighted by Crippen LogP contribution is -2.06. The monoisotopic (exact) mass is 300 g/mol. The Morgan fingerprint density at radius 1 is 0.857 bits per heavy atom. The van der Waals surface area contributed by atoms with Crippen molar-refractivity contribution in [2.45, 2.75) is 98.3 Å². The summed E-state index contributed by atoms with van der Waals surface area (Å²) in [6.07, 6.45) is 12.1. The zero-order valence-corrected chi connectivity index (χ0v) is 14.7. The molecule has 0 fully saturated rings. The van der Waals surface area contributed by atoms with E-state index in [1.165, 1.54) is 38.5 Å². The second kappa shape index (κ2) is 13.1. The number of hydrogen-bond donors (Lipinski definition) is 0. The Morgan fingerprint density at radius 3 is 2.14 bits per heavy atom. The summed E-state index contributed by atoms with van der Waals surface area (Å²) in [6.45, 7) is 9.55. The molecule has 21 heavy (non-hydrogen) atoms. The number of carbonyl (C=O) groups is 1. The van der Waals surface area contributed by atoms with Gasteiger partial charge in [0, 0.05) is 6.42 Å². The highest BCUT2D eigenvalue weighted by Gasteiger charge is 2.09. The van der Waals surface area contributed by atoms with Crippen LogP contribution in [0.15, 0.2) is 0 Å². The summed E-state index contributed by atoms with van der Waals surface area (Å²) in [4.78, 5) is 21.1. The first-order valence-corrected chi connectivity index (χ1v) is 8.78. The number of carbonyl (C=O) groups excluding carboxylic acids is 1. The lowest BCUT2D eigenvalue weighted by Gasteiger charge is -2.17. The van der Waals surface area contributed by atoms with Crippen molar-refractivity contribution in [2.75, 3.05) is 6.61 Å². The number of unbranched alkanes of at least 4 members (excludes halogenated alkanes) is 7. The molecule has 0 aromatic rings. The van der Waals surface area contributed by atoms with E-state index in [-0.39, 0.29) is 5.97 Å².